The van der Waals surface area contributed by atoms with Crippen molar-refractivity contribution in [2.75, 3.05) is 0 Å². The van der Waals surface area contributed by atoms with Gasteiger partial charge in [-0.05, 0) is 36.8 Å². The molecule has 0 heterocycles. The van der Waals surface area contributed by atoms with Crippen molar-refractivity contribution >= 4 is 5.78 Å². The molecule has 2 aromatic rings. The van der Waals surface area contributed by atoms with Gasteiger partial charge in [0.05, 0.1) is 0 Å². The summed E-state index contributed by atoms with van der Waals surface area (Å²) in [5.41, 5.74) is 5.89. The maximum absolute atomic E-state index is 11.9. The van der Waals surface area contributed by atoms with Crippen LogP contribution in [-0.2, 0) is 0 Å². The van der Waals surface area contributed by atoms with Crippen molar-refractivity contribution in [1.82, 2.24) is 0 Å². The fraction of sp³-hybridized carbons (Fsp3) is 0.0526. The Hall–Kier alpha value is -2.81. The van der Waals surface area contributed by atoms with Gasteiger partial charge in [0.25, 0.3) is 0 Å². The highest BCUT2D eigenvalue weighted by Crippen LogP contribution is 2.09. The van der Waals surface area contributed by atoms with E-state index < -0.39 is 0 Å². The molecule has 0 spiro atoms. The van der Waals surface area contributed by atoms with E-state index in [1.54, 1.807) is 6.07 Å². The highest BCUT2D eigenvalue weighted by molar-refractivity contribution is 6.06. The largest absolute Gasteiger partial charge is 0.289 e. The number of hydrogen-bond donors (Lipinski definition) is 0. The van der Waals surface area contributed by atoms with Gasteiger partial charge in [0.1, 0.15) is 0 Å². The van der Waals surface area contributed by atoms with Crippen LogP contribution in [-0.4, -0.2) is 5.78 Å². The maximum atomic E-state index is 11.9. The van der Waals surface area contributed by atoms with Crippen molar-refractivity contribution < 1.29 is 4.79 Å². The fourth-order valence-electron chi connectivity index (χ4n) is 1.84. The smallest absolute Gasteiger partial charge is 0.194 e. The average Bonchev–Trinajstić information content (AvgIpc) is 2.46. The summed E-state index contributed by atoms with van der Waals surface area (Å²) >= 11 is 0. The molecule has 1 heteroatoms. The molecule has 0 N–H and O–H groups in total. The van der Waals surface area contributed by atoms with Crippen LogP contribution < -0.4 is 0 Å². The Balaban J connectivity index is 2.40. The third kappa shape index (κ3) is 3.36. The van der Waals surface area contributed by atoms with Gasteiger partial charge >= 0.3 is 0 Å². The van der Waals surface area contributed by atoms with Crippen molar-refractivity contribution in [2.45, 2.75) is 6.92 Å². The molecule has 2 aromatic carbocycles. The lowest BCUT2D eigenvalue weighted by atomic mass is 10.0. The van der Waals surface area contributed by atoms with Gasteiger partial charge in [-0.3, -0.25) is 4.79 Å². The minimum Gasteiger partial charge on any atom is -0.289 e. The predicted molar refractivity (Wildman–Crippen MR) is 81.6 cm³/mol. The number of rotatable bonds is 2. The Kier molecular flexibility index (Phi) is 4.35. The highest BCUT2D eigenvalue weighted by Gasteiger charge is 2.05. The molecular weight excluding hydrogens is 244 g/mol. The lowest BCUT2D eigenvalue weighted by Gasteiger charge is -1.99. The summed E-state index contributed by atoms with van der Waals surface area (Å²) in [5.74, 6) is 6.01. The molecule has 1 nitrogen and oxygen atoms in total. The zero-order valence-electron chi connectivity index (χ0n) is 11.3. The van der Waals surface area contributed by atoms with Gasteiger partial charge in [-0.2, -0.15) is 0 Å². The van der Waals surface area contributed by atoms with Crippen LogP contribution in [0.1, 0.15) is 27.0 Å². The van der Waals surface area contributed by atoms with Crippen LogP contribution in [0.5, 0.6) is 0 Å². The van der Waals surface area contributed by atoms with Crippen molar-refractivity contribution in [1.29, 1.82) is 0 Å². The zero-order chi connectivity index (χ0) is 14.4. The molecule has 0 aliphatic heterocycles. The molecule has 0 amide bonds. The van der Waals surface area contributed by atoms with Crippen LogP contribution in [0.25, 0.3) is 0 Å². The first-order valence-electron chi connectivity index (χ1n) is 6.28. The normalized spacial score (nSPS) is 9.05. The summed E-state index contributed by atoms with van der Waals surface area (Å²) in [6.45, 7) is 5.45. The second-order valence-corrected chi connectivity index (χ2v) is 4.38. The maximum Gasteiger partial charge on any atom is 0.194 e. The van der Waals surface area contributed by atoms with Crippen LogP contribution in [0.3, 0.4) is 0 Å². The monoisotopic (exact) mass is 258 g/mol. The second-order valence-electron chi connectivity index (χ2n) is 4.38. The first-order chi connectivity index (χ1) is 9.70. The lowest BCUT2D eigenvalue weighted by Crippen LogP contribution is -1.97. The van der Waals surface area contributed by atoms with Gasteiger partial charge in [-0.25, -0.2) is 0 Å². The highest BCUT2D eigenvalue weighted by atomic mass is 16.1. The Bertz CT molecular complexity index is 751. The van der Waals surface area contributed by atoms with Crippen molar-refractivity contribution in [3.63, 3.8) is 0 Å². The minimum absolute atomic E-state index is 0.130. The molecule has 0 radical (unpaired) electrons. The van der Waals surface area contributed by atoms with Crippen LogP contribution in [0.4, 0.5) is 0 Å². The molecule has 2 rings (SSSR count). The van der Waals surface area contributed by atoms with Gasteiger partial charge in [-0.1, -0.05) is 42.7 Å². The van der Waals surface area contributed by atoms with E-state index in [1.165, 1.54) is 6.08 Å². The number of carbonyl (C=O) groups excluding carboxylic acids is 1. The molecule has 0 bridgehead atoms. The Morgan fingerprint density at radius 1 is 1.10 bits per heavy atom. The summed E-state index contributed by atoms with van der Waals surface area (Å²) < 4.78 is 0. The van der Waals surface area contributed by atoms with Gasteiger partial charge in [0.15, 0.2) is 5.78 Å². The number of ketones is 1. The topological polar surface area (TPSA) is 17.1 Å². The standard InChI is InChI=1S/C19H14O/c1-3-7-19(20)18-11-5-4-10-17(18)13-12-16-9-6-8-15(2)14-16/h4-11,14H,1H2,2H3. The van der Waals surface area contributed by atoms with Crippen LogP contribution >= 0.6 is 0 Å². The number of allylic oxidation sites excluding steroid dienone is 1. The van der Waals surface area contributed by atoms with E-state index in [1.807, 2.05) is 49.4 Å². The molecular formula is C19H14O. The van der Waals surface area contributed by atoms with Gasteiger partial charge < -0.3 is 0 Å². The van der Waals surface area contributed by atoms with Crippen LogP contribution in [0.15, 0.2) is 66.9 Å². The predicted octanol–water partition coefficient (Wildman–Crippen LogP) is 3.92. The summed E-state index contributed by atoms with van der Waals surface area (Å²) in [7, 11) is 0. The first kappa shape index (κ1) is 13.6. The van der Waals surface area contributed by atoms with E-state index in [9.17, 15) is 4.79 Å². The first-order valence-corrected chi connectivity index (χ1v) is 6.28. The summed E-state index contributed by atoms with van der Waals surface area (Å²) in [6.07, 6.45) is 1.33. The molecule has 0 fully saturated rings. The molecule has 0 saturated heterocycles. The summed E-state index contributed by atoms with van der Waals surface area (Å²) in [4.78, 5) is 11.9. The van der Waals surface area contributed by atoms with E-state index in [0.29, 0.717) is 11.1 Å². The van der Waals surface area contributed by atoms with E-state index in [0.717, 1.165) is 11.1 Å². The zero-order valence-corrected chi connectivity index (χ0v) is 11.3. The third-order valence-electron chi connectivity index (χ3n) is 2.79. The number of benzene rings is 2. The number of aryl methyl sites for hydroxylation is 1. The van der Waals surface area contributed by atoms with E-state index in [-0.39, 0.29) is 5.78 Å². The minimum atomic E-state index is -0.130. The summed E-state index contributed by atoms with van der Waals surface area (Å²) in [5, 5.41) is 0. The molecule has 0 unspecified atom stereocenters. The molecule has 96 valence electrons. The number of hydrogen-bond acceptors (Lipinski definition) is 1. The van der Waals surface area contributed by atoms with Gasteiger partial charge in [0.2, 0.25) is 0 Å². The summed E-state index contributed by atoms with van der Waals surface area (Å²) in [6, 6.07) is 15.3. The van der Waals surface area contributed by atoms with Crippen molar-refractivity contribution in [3.8, 4) is 11.8 Å². The van der Waals surface area contributed by atoms with E-state index in [2.05, 4.69) is 24.2 Å². The molecule has 0 aromatic heterocycles. The van der Waals surface area contributed by atoms with E-state index >= 15 is 0 Å². The fourth-order valence-corrected chi connectivity index (χ4v) is 1.84. The second kappa shape index (κ2) is 6.38. The quantitative estimate of drug-likeness (QED) is 0.345. The van der Waals surface area contributed by atoms with Gasteiger partial charge in [0, 0.05) is 22.8 Å². The lowest BCUT2D eigenvalue weighted by molar-refractivity contribution is 0.104. The molecule has 0 aliphatic rings. The van der Waals surface area contributed by atoms with Crippen molar-refractivity contribution in [2.24, 2.45) is 0 Å². The molecule has 0 saturated carbocycles. The molecule has 0 aliphatic carbocycles. The third-order valence-corrected chi connectivity index (χ3v) is 2.79. The molecule has 20 heavy (non-hydrogen) atoms. The van der Waals surface area contributed by atoms with Crippen molar-refractivity contribution in [3.05, 3.63) is 89.2 Å². The Labute approximate surface area is 119 Å². The van der Waals surface area contributed by atoms with Crippen LogP contribution in [0.2, 0.25) is 0 Å². The van der Waals surface area contributed by atoms with E-state index in [4.69, 9.17) is 0 Å². The van der Waals surface area contributed by atoms with Crippen LogP contribution in [0, 0.1) is 18.8 Å². The SMILES string of the molecule is C=C=CC(=O)c1ccccc1C#Cc1cccc(C)c1. The molecule has 0 atom stereocenters. The average molecular weight is 258 g/mol. The Morgan fingerprint density at radius 2 is 1.90 bits per heavy atom. The number of carbonyl (C=O) groups is 1. The Morgan fingerprint density at radius 3 is 2.65 bits per heavy atom. The van der Waals surface area contributed by atoms with Gasteiger partial charge in [-0.15, -0.1) is 5.73 Å².